The Kier molecular flexibility index (Phi) is 8.79. The van der Waals surface area contributed by atoms with Crippen molar-refractivity contribution in [3.05, 3.63) is 0 Å². The fraction of sp³-hybridized carbons (Fsp3) is 1.00. The third-order valence-corrected chi connectivity index (χ3v) is 5.25. The van der Waals surface area contributed by atoms with E-state index < -0.39 is 0 Å². The summed E-state index contributed by atoms with van der Waals surface area (Å²) in [5.41, 5.74) is 0.256. The first kappa shape index (κ1) is 18.0. The molecule has 0 saturated heterocycles. The lowest BCUT2D eigenvalue weighted by Gasteiger charge is -2.42. The maximum atomic E-state index is 5.63. The summed E-state index contributed by atoms with van der Waals surface area (Å²) in [5, 5.41) is 0. The molecule has 0 N–H and O–H groups in total. The zero-order chi connectivity index (χ0) is 14.8. The summed E-state index contributed by atoms with van der Waals surface area (Å²) in [4.78, 5) is 0. The van der Waals surface area contributed by atoms with Crippen LogP contribution in [0.5, 0.6) is 0 Å². The smallest absolute Gasteiger partial charge is 0.0543 e. The fourth-order valence-corrected chi connectivity index (χ4v) is 4.09. The second-order valence-corrected chi connectivity index (χ2v) is 7.00. The van der Waals surface area contributed by atoms with Gasteiger partial charge in [0.2, 0.25) is 0 Å². The van der Waals surface area contributed by atoms with E-state index in [9.17, 15) is 0 Å². The molecule has 0 aliphatic heterocycles. The van der Waals surface area contributed by atoms with Crippen LogP contribution in [0.25, 0.3) is 0 Å². The maximum absolute atomic E-state index is 5.63. The molecule has 2 nitrogen and oxygen atoms in total. The molecule has 1 unspecified atom stereocenters. The average Bonchev–Trinajstić information content (AvgIpc) is 2.46. The standard InChI is InChI=1S/C18H36O2/c1-5-9-16(2)12-13-18(14-19-3,15-20-4)17-10-7-6-8-11-17/h16-17H,5-15H2,1-4H3. The van der Waals surface area contributed by atoms with Crippen molar-refractivity contribution in [3.8, 4) is 0 Å². The van der Waals surface area contributed by atoms with Crippen LogP contribution in [0.4, 0.5) is 0 Å². The van der Waals surface area contributed by atoms with Crippen molar-refractivity contribution in [2.45, 2.75) is 71.6 Å². The Morgan fingerprint density at radius 2 is 1.60 bits per heavy atom. The van der Waals surface area contributed by atoms with Gasteiger partial charge in [0.25, 0.3) is 0 Å². The summed E-state index contributed by atoms with van der Waals surface area (Å²) in [6.45, 7) is 6.42. The number of hydrogen-bond acceptors (Lipinski definition) is 2. The van der Waals surface area contributed by atoms with Gasteiger partial charge < -0.3 is 9.47 Å². The van der Waals surface area contributed by atoms with Gasteiger partial charge in [-0.3, -0.25) is 0 Å². The van der Waals surface area contributed by atoms with E-state index >= 15 is 0 Å². The molecule has 0 aromatic heterocycles. The van der Waals surface area contributed by atoms with Gasteiger partial charge >= 0.3 is 0 Å². The van der Waals surface area contributed by atoms with E-state index in [4.69, 9.17) is 9.47 Å². The molecule has 0 heterocycles. The molecule has 1 atom stereocenters. The lowest BCUT2D eigenvalue weighted by molar-refractivity contribution is -0.0494. The van der Waals surface area contributed by atoms with Gasteiger partial charge in [-0.25, -0.2) is 0 Å². The highest BCUT2D eigenvalue weighted by Crippen LogP contribution is 2.43. The van der Waals surface area contributed by atoms with Crippen molar-refractivity contribution in [2.24, 2.45) is 17.3 Å². The van der Waals surface area contributed by atoms with Crippen LogP contribution in [0.1, 0.15) is 71.6 Å². The Labute approximate surface area is 126 Å². The summed E-state index contributed by atoms with van der Waals surface area (Å²) < 4.78 is 11.3. The molecule has 0 radical (unpaired) electrons. The van der Waals surface area contributed by atoms with E-state index in [0.717, 1.165) is 25.0 Å². The molecule has 0 bridgehead atoms. The summed E-state index contributed by atoms with van der Waals surface area (Å²) in [7, 11) is 3.70. The molecule has 1 rings (SSSR count). The van der Waals surface area contributed by atoms with Crippen LogP contribution in [0.2, 0.25) is 0 Å². The van der Waals surface area contributed by atoms with Gasteiger partial charge in [-0.05, 0) is 31.1 Å². The highest BCUT2D eigenvalue weighted by atomic mass is 16.5. The van der Waals surface area contributed by atoms with Crippen LogP contribution in [0, 0.1) is 17.3 Å². The van der Waals surface area contributed by atoms with Crippen LogP contribution in [0.3, 0.4) is 0 Å². The van der Waals surface area contributed by atoms with Crippen molar-refractivity contribution in [1.82, 2.24) is 0 Å². The third kappa shape index (κ3) is 5.37. The van der Waals surface area contributed by atoms with Crippen LogP contribution >= 0.6 is 0 Å². The first-order chi connectivity index (χ1) is 9.68. The topological polar surface area (TPSA) is 18.5 Å². The van der Waals surface area contributed by atoms with Crippen molar-refractivity contribution in [2.75, 3.05) is 27.4 Å². The summed E-state index contributed by atoms with van der Waals surface area (Å²) in [6, 6.07) is 0. The summed E-state index contributed by atoms with van der Waals surface area (Å²) >= 11 is 0. The van der Waals surface area contributed by atoms with E-state index in [1.54, 1.807) is 0 Å². The molecular formula is C18H36O2. The van der Waals surface area contributed by atoms with Crippen molar-refractivity contribution in [3.63, 3.8) is 0 Å². The highest BCUT2D eigenvalue weighted by molar-refractivity contribution is 4.88. The molecular weight excluding hydrogens is 248 g/mol. The fourth-order valence-electron chi connectivity index (χ4n) is 4.09. The predicted octanol–water partition coefficient (Wildman–Crippen LogP) is 5.06. The van der Waals surface area contributed by atoms with Gasteiger partial charge in [0.15, 0.2) is 0 Å². The number of ether oxygens (including phenoxy) is 2. The predicted molar refractivity (Wildman–Crippen MR) is 86.1 cm³/mol. The third-order valence-electron chi connectivity index (χ3n) is 5.25. The largest absolute Gasteiger partial charge is 0.384 e. The maximum Gasteiger partial charge on any atom is 0.0543 e. The van der Waals surface area contributed by atoms with Gasteiger partial charge in [0, 0.05) is 19.6 Å². The van der Waals surface area contributed by atoms with Crippen LogP contribution in [0.15, 0.2) is 0 Å². The van der Waals surface area contributed by atoms with E-state index in [1.807, 2.05) is 14.2 Å². The van der Waals surface area contributed by atoms with Crippen molar-refractivity contribution in [1.29, 1.82) is 0 Å². The SMILES string of the molecule is CCCC(C)CCC(COC)(COC)C1CCCCC1. The Hall–Kier alpha value is -0.0800. The Bertz CT molecular complexity index is 228. The molecule has 0 aromatic carbocycles. The number of rotatable bonds is 10. The van der Waals surface area contributed by atoms with Crippen LogP contribution < -0.4 is 0 Å². The first-order valence-electron chi connectivity index (χ1n) is 8.66. The van der Waals surface area contributed by atoms with Crippen molar-refractivity contribution < 1.29 is 9.47 Å². The lowest BCUT2D eigenvalue weighted by atomic mass is 9.66. The van der Waals surface area contributed by atoms with E-state index in [1.165, 1.54) is 57.8 Å². The van der Waals surface area contributed by atoms with E-state index in [0.29, 0.717) is 0 Å². The molecule has 20 heavy (non-hydrogen) atoms. The summed E-state index contributed by atoms with van der Waals surface area (Å²) in [5.74, 6) is 1.63. The second-order valence-electron chi connectivity index (χ2n) is 7.00. The van der Waals surface area contributed by atoms with Crippen molar-refractivity contribution >= 4 is 0 Å². The molecule has 1 fully saturated rings. The van der Waals surface area contributed by atoms with Gasteiger partial charge in [-0.2, -0.15) is 0 Å². The molecule has 0 spiro atoms. The van der Waals surface area contributed by atoms with E-state index in [2.05, 4.69) is 13.8 Å². The minimum absolute atomic E-state index is 0.256. The number of hydrogen-bond donors (Lipinski definition) is 0. The molecule has 1 aliphatic rings. The van der Waals surface area contributed by atoms with Crippen LogP contribution in [-0.2, 0) is 9.47 Å². The monoisotopic (exact) mass is 284 g/mol. The molecule has 1 saturated carbocycles. The van der Waals surface area contributed by atoms with Gasteiger partial charge in [0.1, 0.15) is 0 Å². The molecule has 0 amide bonds. The second kappa shape index (κ2) is 9.78. The average molecular weight is 284 g/mol. The molecule has 120 valence electrons. The molecule has 1 aliphatic carbocycles. The number of methoxy groups -OCH3 is 2. The Morgan fingerprint density at radius 3 is 2.10 bits per heavy atom. The normalized spacial score (nSPS) is 19.2. The Morgan fingerprint density at radius 1 is 1.00 bits per heavy atom. The zero-order valence-corrected chi connectivity index (χ0v) is 14.2. The van der Waals surface area contributed by atoms with Crippen LogP contribution in [-0.4, -0.2) is 27.4 Å². The zero-order valence-electron chi connectivity index (χ0n) is 14.2. The molecule has 2 heteroatoms. The summed E-state index contributed by atoms with van der Waals surface area (Å²) in [6.07, 6.45) is 12.2. The Balaban J connectivity index is 2.69. The molecule has 0 aromatic rings. The minimum Gasteiger partial charge on any atom is -0.384 e. The highest BCUT2D eigenvalue weighted by Gasteiger charge is 2.39. The minimum atomic E-state index is 0.256. The quantitative estimate of drug-likeness (QED) is 0.558. The van der Waals surface area contributed by atoms with Gasteiger partial charge in [-0.1, -0.05) is 52.4 Å². The van der Waals surface area contributed by atoms with E-state index in [-0.39, 0.29) is 5.41 Å². The van der Waals surface area contributed by atoms with Gasteiger partial charge in [-0.15, -0.1) is 0 Å². The first-order valence-corrected chi connectivity index (χ1v) is 8.66. The lowest BCUT2D eigenvalue weighted by Crippen LogP contribution is -2.40. The van der Waals surface area contributed by atoms with Gasteiger partial charge in [0.05, 0.1) is 13.2 Å².